The van der Waals surface area contributed by atoms with Gasteiger partial charge >= 0.3 is 6.03 Å². The van der Waals surface area contributed by atoms with Crippen molar-refractivity contribution in [3.8, 4) is 0 Å². The molecular formula is C19H22ClFN4O. The Kier molecular flexibility index (Phi) is 5.61. The molecule has 5 nitrogen and oxygen atoms in total. The second-order valence-electron chi connectivity index (χ2n) is 6.61. The number of carbonyl (C=O) groups excluding carboxylic acids is 1. The van der Waals surface area contributed by atoms with Crippen LogP contribution in [0.3, 0.4) is 0 Å². The Morgan fingerprint density at radius 1 is 1.23 bits per heavy atom. The monoisotopic (exact) mass is 376 g/mol. The van der Waals surface area contributed by atoms with E-state index in [0.717, 1.165) is 25.9 Å². The van der Waals surface area contributed by atoms with Gasteiger partial charge in [0.05, 0.1) is 5.02 Å². The standard InChI is InChI=1S/C19H22ClFN4O/c1-12-10-22-11-13(2)18(12)25-7-5-14(6-8-25)23-19(26)24-15-3-4-17(21)16(20)9-15/h3-4,9-11,14H,5-8H2,1-2H3,(H2,23,24,26). The Balaban J connectivity index is 1.53. The molecule has 0 aliphatic carbocycles. The van der Waals surface area contributed by atoms with Crippen molar-refractivity contribution in [3.63, 3.8) is 0 Å². The Hall–Kier alpha value is -2.34. The zero-order valence-electron chi connectivity index (χ0n) is 14.9. The van der Waals surface area contributed by atoms with Crippen LogP contribution in [0, 0.1) is 19.7 Å². The number of anilines is 2. The van der Waals surface area contributed by atoms with Crippen LogP contribution in [0.4, 0.5) is 20.6 Å². The number of nitrogens with one attached hydrogen (secondary N) is 2. The van der Waals surface area contributed by atoms with Gasteiger partial charge in [-0.3, -0.25) is 4.98 Å². The van der Waals surface area contributed by atoms with Crippen molar-refractivity contribution in [2.45, 2.75) is 32.7 Å². The van der Waals surface area contributed by atoms with E-state index in [9.17, 15) is 9.18 Å². The van der Waals surface area contributed by atoms with E-state index in [0.29, 0.717) is 5.69 Å². The lowest BCUT2D eigenvalue weighted by Gasteiger charge is -2.35. The van der Waals surface area contributed by atoms with Crippen LogP contribution in [-0.4, -0.2) is 30.1 Å². The maximum atomic E-state index is 13.2. The minimum absolute atomic E-state index is 0.0146. The predicted octanol–water partition coefficient (Wildman–Crippen LogP) is 4.28. The van der Waals surface area contributed by atoms with Gasteiger partial charge in [0.25, 0.3) is 0 Å². The molecule has 1 saturated heterocycles. The highest BCUT2D eigenvalue weighted by atomic mass is 35.5. The Bertz CT molecular complexity index is 786. The van der Waals surface area contributed by atoms with Crippen molar-refractivity contribution in [3.05, 3.63) is 52.6 Å². The molecule has 2 aromatic rings. The Morgan fingerprint density at radius 3 is 2.50 bits per heavy atom. The molecule has 26 heavy (non-hydrogen) atoms. The predicted molar refractivity (Wildman–Crippen MR) is 103 cm³/mol. The number of nitrogens with zero attached hydrogens (tertiary/aromatic N) is 2. The first-order chi connectivity index (χ1) is 12.4. The number of halogens is 2. The van der Waals surface area contributed by atoms with Crippen LogP contribution in [0.25, 0.3) is 0 Å². The lowest BCUT2D eigenvalue weighted by molar-refractivity contribution is 0.246. The number of aromatic nitrogens is 1. The highest BCUT2D eigenvalue weighted by Gasteiger charge is 2.22. The number of rotatable bonds is 3. The maximum absolute atomic E-state index is 13.2. The van der Waals surface area contributed by atoms with Gasteiger partial charge in [0, 0.05) is 42.9 Å². The van der Waals surface area contributed by atoms with Crippen LogP contribution in [0.2, 0.25) is 5.02 Å². The molecule has 0 saturated carbocycles. The summed E-state index contributed by atoms with van der Waals surface area (Å²) < 4.78 is 13.2. The molecule has 2 N–H and O–H groups in total. The van der Waals surface area contributed by atoms with E-state index in [-0.39, 0.29) is 17.1 Å². The molecule has 138 valence electrons. The molecule has 0 radical (unpaired) electrons. The molecule has 2 heterocycles. The molecule has 1 aliphatic rings. The summed E-state index contributed by atoms with van der Waals surface area (Å²) in [5.74, 6) is -0.508. The zero-order valence-corrected chi connectivity index (χ0v) is 15.6. The lowest BCUT2D eigenvalue weighted by atomic mass is 10.0. The van der Waals surface area contributed by atoms with Gasteiger partial charge in [0.1, 0.15) is 5.82 Å². The topological polar surface area (TPSA) is 57.3 Å². The van der Waals surface area contributed by atoms with Gasteiger partial charge in [-0.1, -0.05) is 11.6 Å². The van der Waals surface area contributed by atoms with Crippen molar-refractivity contribution in [1.29, 1.82) is 0 Å². The maximum Gasteiger partial charge on any atom is 0.319 e. The summed E-state index contributed by atoms with van der Waals surface area (Å²) in [4.78, 5) is 18.7. The third kappa shape index (κ3) is 4.25. The molecule has 0 bridgehead atoms. The number of aryl methyl sites for hydroxylation is 2. The quantitative estimate of drug-likeness (QED) is 0.840. The molecule has 1 aromatic carbocycles. The molecule has 2 amide bonds. The number of hydrogen-bond acceptors (Lipinski definition) is 3. The first-order valence-corrected chi connectivity index (χ1v) is 9.00. The van der Waals surface area contributed by atoms with Crippen LogP contribution < -0.4 is 15.5 Å². The summed E-state index contributed by atoms with van der Waals surface area (Å²) in [5.41, 5.74) is 4.04. The van der Waals surface area contributed by atoms with Crippen LogP contribution >= 0.6 is 11.6 Å². The Labute approximate surface area is 157 Å². The average molecular weight is 377 g/mol. The highest BCUT2D eigenvalue weighted by molar-refractivity contribution is 6.31. The van der Waals surface area contributed by atoms with Gasteiger partial charge in [-0.2, -0.15) is 0 Å². The van der Waals surface area contributed by atoms with E-state index in [4.69, 9.17) is 11.6 Å². The fraction of sp³-hybridized carbons (Fsp3) is 0.368. The number of carbonyl (C=O) groups is 1. The number of urea groups is 1. The minimum Gasteiger partial charge on any atom is -0.371 e. The molecule has 7 heteroatoms. The first-order valence-electron chi connectivity index (χ1n) is 8.63. The van der Waals surface area contributed by atoms with E-state index in [2.05, 4.69) is 34.4 Å². The smallest absolute Gasteiger partial charge is 0.319 e. The van der Waals surface area contributed by atoms with Crippen LogP contribution in [0.1, 0.15) is 24.0 Å². The third-order valence-electron chi connectivity index (χ3n) is 4.61. The second kappa shape index (κ2) is 7.91. The summed E-state index contributed by atoms with van der Waals surface area (Å²) in [6.45, 7) is 5.89. The van der Waals surface area contributed by atoms with E-state index < -0.39 is 5.82 Å². The van der Waals surface area contributed by atoms with E-state index in [1.807, 2.05) is 12.4 Å². The average Bonchev–Trinajstić information content (AvgIpc) is 2.59. The van der Waals surface area contributed by atoms with Gasteiger partial charge in [-0.15, -0.1) is 0 Å². The molecule has 0 unspecified atom stereocenters. The lowest BCUT2D eigenvalue weighted by Crippen LogP contribution is -2.46. The molecule has 0 atom stereocenters. The van der Waals surface area contributed by atoms with E-state index in [1.165, 1.54) is 35.0 Å². The van der Waals surface area contributed by atoms with Crippen molar-refractivity contribution < 1.29 is 9.18 Å². The SMILES string of the molecule is Cc1cncc(C)c1N1CCC(NC(=O)Nc2ccc(F)c(Cl)c2)CC1. The molecule has 1 aliphatic heterocycles. The number of pyridine rings is 1. The fourth-order valence-electron chi connectivity index (χ4n) is 3.37. The molecule has 0 spiro atoms. The van der Waals surface area contributed by atoms with Gasteiger partial charge in [0.2, 0.25) is 0 Å². The number of amides is 2. The summed E-state index contributed by atoms with van der Waals surface area (Å²) in [7, 11) is 0. The van der Waals surface area contributed by atoms with Crippen molar-refractivity contribution in [1.82, 2.24) is 10.3 Å². The summed E-state index contributed by atoms with van der Waals surface area (Å²) in [6, 6.07) is 3.91. The van der Waals surface area contributed by atoms with Crippen LogP contribution in [0.5, 0.6) is 0 Å². The third-order valence-corrected chi connectivity index (χ3v) is 4.90. The summed E-state index contributed by atoms with van der Waals surface area (Å²) in [5, 5.41) is 5.66. The Morgan fingerprint density at radius 2 is 1.88 bits per heavy atom. The number of benzene rings is 1. The van der Waals surface area contributed by atoms with Crippen LogP contribution in [-0.2, 0) is 0 Å². The normalized spacial score (nSPS) is 15.0. The van der Waals surface area contributed by atoms with Gasteiger partial charge in [-0.05, 0) is 56.0 Å². The number of hydrogen-bond donors (Lipinski definition) is 2. The second-order valence-corrected chi connectivity index (χ2v) is 7.02. The van der Waals surface area contributed by atoms with Crippen molar-refractivity contribution in [2.75, 3.05) is 23.3 Å². The van der Waals surface area contributed by atoms with Gasteiger partial charge < -0.3 is 15.5 Å². The number of piperidine rings is 1. The van der Waals surface area contributed by atoms with E-state index in [1.54, 1.807) is 0 Å². The fourth-order valence-corrected chi connectivity index (χ4v) is 3.55. The van der Waals surface area contributed by atoms with Crippen LogP contribution in [0.15, 0.2) is 30.6 Å². The largest absolute Gasteiger partial charge is 0.371 e. The van der Waals surface area contributed by atoms with Crippen molar-refractivity contribution in [2.24, 2.45) is 0 Å². The minimum atomic E-state index is -0.508. The van der Waals surface area contributed by atoms with Crippen molar-refractivity contribution >= 4 is 29.0 Å². The summed E-state index contributed by atoms with van der Waals surface area (Å²) >= 11 is 5.73. The molecule has 1 fully saturated rings. The summed E-state index contributed by atoms with van der Waals surface area (Å²) in [6.07, 6.45) is 5.49. The molecule has 1 aromatic heterocycles. The highest BCUT2D eigenvalue weighted by Crippen LogP contribution is 2.26. The molecular weight excluding hydrogens is 355 g/mol. The zero-order chi connectivity index (χ0) is 18.7. The first kappa shape index (κ1) is 18.5. The molecule has 3 rings (SSSR count). The van der Waals surface area contributed by atoms with E-state index >= 15 is 0 Å². The van der Waals surface area contributed by atoms with Gasteiger partial charge in [-0.25, -0.2) is 9.18 Å². The van der Waals surface area contributed by atoms with Gasteiger partial charge in [0.15, 0.2) is 0 Å².